The van der Waals surface area contributed by atoms with Gasteiger partial charge in [-0.15, -0.1) is 0 Å². The molecule has 0 fully saturated rings. The maximum Gasteiger partial charge on any atom is 0.295 e. The minimum absolute atomic E-state index is 0.00747. The Morgan fingerprint density at radius 3 is 2.33 bits per heavy atom. The molecule has 0 aromatic heterocycles. The van der Waals surface area contributed by atoms with Crippen molar-refractivity contribution in [3.8, 4) is 0 Å². The van der Waals surface area contributed by atoms with Crippen LogP contribution in [0.25, 0.3) is 0 Å². The number of sulfonamides is 1. The fourth-order valence-electron chi connectivity index (χ4n) is 1.77. The number of nitro benzene ring substituents is 1. The second kappa shape index (κ2) is 6.86. The summed E-state index contributed by atoms with van der Waals surface area (Å²) in [7, 11) is -3.80. The summed E-state index contributed by atoms with van der Waals surface area (Å²) in [4.78, 5) is 10.1. The van der Waals surface area contributed by atoms with E-state index in [-0.39, 0.29) is 15.7 Å². The quantitative estimate of drug-likeness (QED) is 0.427. The molecule has 0 amide bonds. The smallest absolute Gasteiger partial charge is 0.295 e. The molecule has 2 aromatic rings. The molecule has 8 nitrogen and oxygen atoms in total. The Morgan fingerprint density at radius 1 is 1.17 bits per heavy atom. The van der Waals surface area contributed by atoms with Crippen molar-refractivity contribution in [3.63, 3.8) is 0 Å². The van der Waals surface area contributed by atoms with Crippen LogP contribution in [-0.4, -0.2) is 18.5 Å². The predicted octanol–water partition coefficient (Wildman–Crippen LogP) is 2.19. The number of nitrogens with zero attached hydrogens (tertiary/aromatic N) is 1. The van der Waals surface area contributed by atoms with Gasteiger partial charge < -0.3 is 10.6 Å². The minimum Gasteiger partial charge on any atom is -0.332 e. The molecule has 0 aliphatic rings. The van der Waals surface area contributed by atoms with Gasteiger partial charge in [-0.05, 0) is 48.6 Å². The zero-order valence-electron chi connectivity index (χ0n) is 11.9. The van der Waals surface area contributed by atoms with Crippen LogP contribution in [0.5, 0.6) is 0 Å². The van der Waals surface area contributed by atoms with Crippen molar-refractivity contribution in [3.05, 3.63) is 58.4 Å². The lowest BCUT2D eigenvalue weighted by molar-refractivity contribution is -0.384. The Balaban J connectivity index is 2.13. The molecule has 0 aliphatic carbocycles. The van der Waals surface area contributed by atoms with E-state index in [4.69, 9.17) is 17.4 Å². The molecule has 0 atom stereocenters. The lowest BCUT2D eigenvalue weighted by Crippen LogP contribution is -2.20. The Hall–Kier alpha value is -2.63. The lowest BCUT2D eigenvalue weighted by Gasteiger charge is -2.11. The Labute approximate surface area is 141 Å². The van der Waals surface area contributed by atoms with Gasteiger partial charge in [0.05, 0.1) is 15.9 Å². The van der Waals surface area contributed by atoms with Crippen molar-refractivity contribution in [2.45, 2.75) is 4.90 Å². The largest absolute Gasteiger partial charge is 0.332 e. The van der Waals surface area contributed by atoms with Crippen molar-refractivity contribution in [1.29, 1.82) is 0 Å². The van der Waals surface area contributed by atoms with Crippen LogP contribution in [0.15, 0.2) is 47.4 Å². The van der Waals surface area contributed by atoms with E-state index in [1.807, 2.05) is 0 Å². The summed E-state index contributed by atoms with van der Waals surface area (Å²) in [6, 6.07) is 8.41. The Morgan fingerprint density at radius 2 is 1.79 bits per heavy atom. The monoisotopic (exact) mass is 370 g/mol. The first-order valence-electron chi connectivity index (χ1n) is 6.31. The van der Waals surface area contributed by atoms with Crippen molar-refractivity contribution < 1.29 is 17.7 Å². The number of rotatable bonds is 4. The Bertz CT molecular complexity index is 901. The van der Waals surface area contributed by atoms with E-state index in [9.17, 15) is 22.9 Å². The van der Waals surface area contributed by atoms with Gasteiger partial charge >= 0.3 is 0 Å². The summed E-state index contributed by atoms with van der Waals surface area (Å²) in [5.41, 5.74) is -0.0200. The third kappa shape index (κ3) is 4.44. The average molecular weight is 370 g/mol. The van der Waals surface area contributed by atoms with Crippen LogP contribution in [0.4, 0.5) is 21.5 Å². The molecule has 0 unspecified atom stereocenters. The molecule has 0 saturated carbocycles. The number of halogens is 1. The van der Waals surface area contributed by atoms with Gasteiger partial charge in [-0.1, -0.05) is 0 Å². The van der Waals surface area contributed by atoms with Crippen LogP contribution in [0.2, 0.25) is 0 Å². The summed E-state index contributed by atoms with van der Waals surface area (Å²) < 4.78 is 35.4. The molecule has 0 bridgehead atoms. The fourth-order valence-corrected chi connectivity index (χ4v) is 2.52. The standard InChI is InChI=1S/C13H11FN4O4S2/c14-8-1-6-11(12(7-8)18(19)20)17-13(23)16-9-2-4-10(5-3-9)24(15,21)22/h1-7H,(H2,15,21,22)(H2,16,17,23). The maximum absolute atomic E-state index is 13.1. The van der Waals surface area contributed by atoms with E-state index in [0.717, 1.165) is 12.1 Å². The molecule has 4 N–H and O–H groups in total. The molecule has 0 heterocycles. The highest BCUT2D eigenvalue weighted by Gasteiger charge is 2.16. The van der Waals surface area contributed by atoms with Crippen molar-refractivity contribution in [1.82, 2.24) is 0 Å². The van der Waals surface area contributed by atoms with Crippen LogP contribution >= 0.6 is 12.2 Å². The molecule has 126 valence electrons. The van der Waals surface area contributed by atoms with Crippen LogP contribution in [-0.2, 0) is 10.0 Å². The van der Waals surface area contributed by atoms with Gasteiger partial charge in [0.25, 0.3) is 5.69 Å². The summed E-state index contributed by atoms with van der Waals surface area (Å²) in [6.45, 7) is 0. The van der Waals surface area contributed by atoms with Crippen LogP contribution in [0.1, 0.15) is 0 Å². The molecule has 0 radical (unpaired) electrons. The number of primary sulfonamides is 1. The van der Waals surface area contributed by atoms with Gasteiger partial charge in [-0.3, -0.25) is 10.1 Å². The molecule has 2 aromatic carbocycles. The van der Waals surface area contributed by atoms with Crippen molar-refractivity contribution in [2.24, 2.45) is 5.14 Å². The average Bonchev–Trinajstić information content (AvgIpc) is 2.48. The zero-order valence-corrected chi connectivity index (χ0v) is 13.5. The maximum atomic E-state index is 13.1. The molecule has 0 aliphatic heterocycles. The topological polar surface area (TPSA) is 127 Å². The SMILES string of the molecule is NS(=O)(=O)c1ccc(NC(=S)Nc2ccc(F)cc2[N+](=O)[O-])cc1. The van der Waals surface area contributed by atoms with Crippen LogP contribution in [0.3, 0.4) is 0 Å². The molecule has 11 heteroatoms. The van der Waals surface area contributed by atoms with Crippen LogP contribution < -0.4 is 15.8 Å². The molecule has 24 heavy (non-hydrogen) atoms. The van der Waals surface area contributed by atoms with Crippen molar-refractivity contribution in [2.75, 3.05) is 10.6 Å². The fraction of sp³-hybridized carbons (Fsp3) is 0. The van der Waals surface area contributed by atoms with Gasteiger partial charge in [0.1, 0.15) is 11.5 Å². The highest BCUT2D eigenvalue weighted by molar-refractivity contribution is 7.89. The third-order valence-corrected chi connectivity index (χ3v) is 3.98. The number of nitrogens with one attached hydrogen (secondary N) is 2. The van der Waals surface area contributed by atoms with Gasteiger partial charge in [0.2, 0.25) is 10.0 Å². The molecule has 0 spiro atoms. The number of hydrogen-bond acceptors (Lipinski definition) is 5. The van der Waals surface area contributed by atoms with Gasteiger partial charge in [0, 0.05) is 5.69 Å². The van der Waals surface area contributed by atoms with E-state index >= 15 is 0 Å². The van der Waals surface area contributed by atoms with E-state index in [1.165, 1.54) is 30.3 Å². The third-order valence-electron chi connectivity index (χ3n) is 2.85. The van der Waals surface area contributed by atoms with Gasteiger partial charge in [-0.2, -0.15) is 0 Å². The lowest BCUT2D eigenvalue weighted by atomic mass is 10.2. The summed E-state index contributed by atoms with van der Waals surface area (Å²) >= 11 is 5.02. The first-order valence-corrected chi connectivity index (χ1v) is 8.27. The number of hydrogen-bond donors (Lipinski definition) is 3. The minimum atomic E-state index is -3.80. The normalized spacial score (nSPS) is 10.9. The Kier molecular flexibility index (Phi) is 5.07. The van der Waals surface area contributed by atoms with Crippen LogP contribution in [0, 0.1) is 15.9 Å². The number of benzene rings is 2. The highest BCUT2D eigenvalue weighted by Crippen LogP contribution is 2.25. The summed E-state index contributed by atoms with van der Waals surface area (Å²) in [6.07, 6.45) is 0. The summed E-state index contributed by atoms with van der Waals surface area (Å²) in [5.74, 6) is -0.746. The summed E-state index contributed by atoms with van der Waals surface area (Å²) in [5, 5.41) is 21.2. The predicted molar refractivity (Wildman–Crippen MR) is 90.7 cm³/mol. The second-order valence-corrected chi connectivity index (χ2v) is 6.54. The molecular weight excluding hydrogens is 359 g/mol. The second-order valence-electron chi connectivity index (χ2n) is 4.57. The zero-order chi connectivity index (χ0) is 17.9. The molecule has 0 saturated heterocycles. The van der Waals surface area contributed by atoms with Gasteiger partial charge in [-0.25, -0.2) is 17.9 Å². The van der Waals surface area contributed by atoms with E-state index in [0.29, 0.717) is 5.69 Å². The number of thiocarbonyl (C=S) groups is 1. The molecule has 2 rings (SSSR count). The molecular formula is C13H11FN4O4S2. The number of nitrogens with two attached hydrogens (primary N) is 1. The number of anilines is 2. The highest BCUT2D eigenvalue weighted by atomic mass is 32.2. The number of nitro groups is 1. The van der Waals surface area contributed by atoms with E-state index in [1.54, 1.807) is 0 Å². The van der Waals surface area contributed by atoms with E-state index < -0.39 is 26.5 Å². The first kappa shape index (κ1) is 17.7. The van der Waals surface area contributed by atoms with Gasteiger partial charge in [0.15, 0.2) is 5.11 Å². The van der Waals surface area contributed by atoms with E-state index in [2.05, 4.69) is 10.6 Å². The van der Waals surface area contributed by atoms with Crippen molar-refractivity contribution >= 4 is 44.4 Å². The first-order chi connectivity index (χ1) is 11.2.